The molecule has 0 radical (unpaired) electrons. The zero-order chi connectivity index (χ0) is 29.4. The number of carbonyl (C=O) groups is 5. The summed E-state index contributed by atoms with van der Waals surface area (Å²) in [6.07, 6.45) is 1.40. The lowest BCUT2D eigenvalue weighted by Crippen LogP contribution is -2.62. The lowest BCUT2D eigenvalue weighted by molar-refractivity contribution is -0.165. The molecule has 1 saturated carbocycles. The molecule has 4 amide bonds. The first-order valence-electron chi connectivity index (χ1n) is 13.6. The minimum atomic E-state index is -0.951. The van der Waals surface area contributed by atoms with E-state index in [-0.39, 0.29) is 46.7 Å². The van der Waals surface area contributed by atoms with Gasteiger partial charge in [0.25, 0.3) is 5.91 Å². The summed E-state index contributed by atoms with van der Waals surface area (Å²) in [7, 11) is 0. The smallest absolute Gasteiger partial charge is 0.310 e. The number of carbonyl (C=O) groups excluding carboxylic acids is 5. The lowest BCUT2D eigenvalue weighted by atomic mass is 9.84. The summed E-state index contributed by atoms with van der Waals surface area (Å²) in [6, 6.07) is 2.07. The minimum Gasteiger partial charge on any atom is -0.433 e. The fourth-order valence-electron chi connectivity index (χ4n) is 5.87. The van der Waals surface area contributed by atoms with E-state index >= 15 is 0 Å². The van der Waals surface area contributed by atoms with Crippen molar-refractivity contribution in [3.05, 3.63) is 28.8 Å². The highest BCUT2D eigenvalue weighted by Gasteiger charge is 2.54. The molecule has 6 atom stereocenters. The zero-order valence-electron chi connectivity index (χ0n) is 23.4. The van der Waals surface area contributed by atoms with E-state index < -0.39 is 41.7 Å². The molecule has 0 spiro atoms. The Hall–Kier alpha value is -3.18. The molecule has 1 aromatic carbocycles. The van der Waals surface area contributed by atoms with Gasteiger partial charge in [0.15, 0.2) is 0 Å². The molecular weight excluding hydrogens is 540 g/mol. The van der Waals surface area contributed by atoms with Crippen molar-refractivity contribution in [1.29, 1.82) is 0 Å². The Labute approximate surface area is 238 Å². The van der Waals surface area contributed by atoms with Crippen LogP contribution in [-0.4, -0.2) is 71.6 Å². The van der Waals surface area contributed by atoms with Crippen LogP contribution in [0.4, 0.5) is 5.69 Å². The standard InChI is InChI=1S/C28H37ClN4O7/c1-6-39-27-20(13-21(35)40-27)31-25(37)22-15-7-9-17(11-15)33(22)26(38)23(28(3,4)5)32-24(36)18-10-8-16(12-19(18)29)30-14(2)34/h8,10,12,15,17,20,22-23,27H,6-7,9,11,13H2,1-5H3,(H,30,34)(H,31,37)(H,32,36)/t15-,17?,20-,22-,23+,27+/m0/s1. The van der Waals surface area contributed by atoms with Crippen LogP contribution in [0.1, 0.15) is 70.7 Å². The summed E-state index contributed by atoms with van der Waals surface area (Å²) in [5.74, 6) is -2.00. The van der Waals surface area contributed by atoms with Gasteiger partial charge >= 0.3 is 5.97 Å². The predicted molar refractivity (Wildman–Crippen MR) is 146 cm³/mol. The first-order chi connectivity index (χ1) is 18.8. The third-order valence-corrected chi connectivity index (χ3v) is 7.96. The molecule has 12 heteroatoms. The van der Waals surface area contributed by atoms with Gasteiger partial charge < -0.3 is 30.3 Å². The zero-order valence-corrected chi connectivity index (χ0v) is 24.2. The number of likely N-dealkylation sites (tertiary alicyclic amines) is 1. The highest BCUT2D eigenvalue weighted by Crippen LogP contribution is 2.44. The van der Waals surface area contributed by atoms with Crippen molar-refractivity contribution in [3.63, 3.8) is 0 Å². The Kier molecular flexibility index (Phi) is 8.75. The SMILES string of the molecule is CCO[C@@H]1OC(=O)C[C@@H]1NC(=O)[C@@H]1[C@H]2CCC(C2)N1C(=O)[C@@H](NC(=O)c1ccc(NC(C)=O)cc1Cl)C(C)(C)C. The maximum atomic E-state index is 14.1. The number of piperidine rings is 1. The highest BCUT2D eigenvalue weighted by molar-refractivity contribution is 6.34. The largest absolute Gasteiger partial charge is 0.433 e. The number of hydrogen-bond donors (Lipinski definition) is 3. The van der Waals surface area contributed by atoms with Gasteiger partial charge in [-0.15, -0.1) is 0 Å². The van der Waals surface area contributed by atoms with Crippen LogP contribution < -0.4 is 16.0 Å². The number of nitrogens with one attached hydrogen (secondary N) is 3. The molecule has 1 aromatic rings. The molecular formula is C28H37ClN4O7. The number of ether oxygens (including phenoxy) is 2. The van der Waals surface area contributed by atoms with Crippen LogP contribution in [0, 0.1) is 11.3 Å². The molecule has 40 heavy (non-hydrogen) atoms. The normalized spacial score (nSPS) is 26.3. The van der Waals surface area contributed by atoms with E-state index in [9.17, 15) is 24.0 Å². The quantitative estimate of drug-likeness (QED) is 0.404. The summed E-state index contributed by atoms with van der Waals surface area (Å²) in [4.78, 5) is 65.9. The second-order valence-corrected chi connectivity index (χ2v) is 12.1. The minimum absolute atomic E-state index is 0.00662. The highest BCUT2D eigenvalue weighted by atomic mass is 35.5. The van der Waals surface area contributed by atoms with Crippen LogP contribution in [0.25, 0.3) is 0 Å². The van der Waals surface area contributed by atoms with Gasteiger partial charge in [-0.05, 0) is 55.7 Å². The molecule has 218 valence electrons. The molecule has 2 bridgehead atoms. The number of cyclic esters (lactones) is 1. The van der Waals surface area contributed by atoms with Crippen molar-refractivity contribution in [2.24, 2.45) is 11.3 Å². The number of anilines is 1. The third kappa shape index (κ3) is 6.25. The number of amides is 4. The van der Waals surface area contributed by atoms with Gasteiger partial charge in [-0.2, -0.15) is 0 Å². The third-order valence-electron chi connectivity index (χ3n) is 7.65. The Bertz CT molecular complexity index is 1200. The summed E-state index contributed by atoms with van der Waals surface area (Å²) in [6.45, 7) is 8.98. The van der Waals surface area contributed by atoms with Gasteiger partial charge in [0, 0.05) is 25.3 Å². The number of rotatable bonds is 8. The topological polar surface area (TPSA) is 143 Å². The molecule has 2 saturated heterocycles. The van der Waals surface area contributed by atoms with E-state index in [1.807, 2.05) is 20.8 Å². The molecule has 1 unspecified atom stereocenters. The molecule has 2 aliphatic heterocycles. The van der Waals surface area contributed by atoms with E-state index in [0.717, 1.165) is 12.8 Å². The number of benzene rings is 1. The van der Waals surface area contributed by atoms with Crippen LogP contribution in [-0.2, 0) is 28.7 Å². The van der Waals surface area contributed by atoms with Gasteiger partial charge in [-0.1, -0.05) is 32.4 Å². The number of esters is 1. The number of hydrogen-bond acceptors (Lipinski definition) is 7. The Balaban J connectivity index is 1.54. The van der Waals surface area contributed by atoms with Crippen LogP contribution >= 0.6 is 11.6 Å². The maximum Gasteiger partial charge on any atom is 0.310 e. The molecule has 3 fully saturated rings. The second kappa shape index (κ2) is 11.7. The van der Waals surface area contributed by atoms with Gasteiger partial charge in [-0.3, -0.25) is 24.0 Å². The first-order valence-corrected chi connectivity index (χ1v) is 14.0. The van der Waals surface area contributed by atoms with Crippen LogP contribution in [0.15, 0.2) is 18.2 Å². The summed E-state index contributed by atoms with van der Waals surface area (Å²) in [5, 5.41) is 8.48. The van der Waals surface area contributed by atoms with Crippen molar-refractivity contribution >= 4 is 46.9 Å². The Morgan fingerprint density at radius 3 is 2.55 bits per heavy atom. The summed E-state index contributed by atoms with van der Waals surface area (Å²) >= 11 is 6.35. The van der Waals surface area contributed by atoms with Crippen LogP contribution in [0.5, 0.6) is 0 Å². The van der Waals surface area contributed by atoms with Gasteiger partial charge in [0.05, 0.1) is 17.0 Å². The fraction of sp³-hybridized carbons (Fsp3) is 0.607. The van der Waals surface area contributed by atoms with E-state index in [0.29, 0.717) is 18.7 Å². The number of fused-ring (bicyclic) bond motifs is 2. The molecule has 0 aromatic heterocycles. The monoisotopic (exact) mass is 576 g/mol. The maximum absolute atomic E-state index is 14.1. The fourth-order valence-corrected chi connectivity index (χ4v) is 6.13. The van der Waals surface area contributed by atoms with E-state index in [1.165, 1.54) is 19.1 Å². The number of halogens is 1. The molecule has 2 heterocycles. The van der Waals surface area contributed by atoms with Crippen molar-refractivity contribution in [3.8, 4) is 0 Å². The summed E-state index contributed by atoms with van der Waals surface area (Å²) < 4.78 is 10.7. The second-order valence-electron chi connectivity index (χ2n) is 11.7. The lowest BCUT2D eigenvalue weighted by Gasteiger charge is -2.40. The van der Waals surface area contributed by atoms with Crippen LogP contribution in [0.3, 0.4) is 0 Å². The van der Waals surface area contributed by atoms with Crippen molar-refractivity contribution in [1.82, 2.24) is 15.5 Å². The van der Waals surface area contributed by atoms with E-state index in [4.69, 9.17) is 21.1 Å². The molecule has 11 nitrogen and oxygen atoms in total. The van der Waals surface area contributed by atoms with Gasteiger partial charge in [0.2, 0.25) is 24.0 Å². The Morgan fingerprint density at radius 2 is 1.93 bits per heavy atom. The molecule has 4 rings (SSSR count). The first kappa shape index (κ1) is 29.8. The summed E-state index contributed by atoms with van der Waals surface area (Å²) in [5.41, 5.74) is -0.0902. The van der Waals surface area contributed by atoms with E-state index in [1.54, 1.807) is 17.9 Å². The van der Waals surface area contributed by atoms with E-state index in [2.05, 4.69) is 16.0 Å². The van der Waals surface area contributed by atoms with Crippen molar-refractivity contribution < 1.29 is 33.4 Å². The number of nitrogens with zero attached hydrogens (tertiary/aromatic N) is 1. The molecule has 1 aliphatic carbocycles. The van der Waals surface area contributed by atoms with Gasteiger partial charge in [-0.25, -0.2) is 0 Å². The van der Waals surface area contributed by atoms with Crippen molar-refractivity contribution in [2.75, 3.05) is 11.9 Å². The average molecular weight is 577 g/mol. The van der Waals surface area contributed by atoms with Crippen molar-refractivity contribution in [2.45, 2.75) is 90.8 Å². The van der Waals surface area contributed by atoms with Crippen LogP contribution in [0.2, 0.25) is 5.02 Å². The average Bonchev–Trinajstić information content (AvgIpc) is 3.56. The molecule has 3 N–H and O–H groups in total. The van der Waals surface area contributed by atoms with Gasteiger partial charge in [0.1, 0.15) is 18.1 Å². The Morgan fingerprint density at radius 1 is 1.20 bits per heavy atom. The molecule has 3 aliphatic rings. The predicted octanol–water partition coefficient (Wildman–Crippen LogP) is 2.62.